The molecule has 0 aromatic carbocycles. The number of fused-ring (bicyclic) bond motifs is 1. The summed E-state index contributed by atoms with van der Waals surface area (Å²) in [5.74, 6) is 0.192. The molecule has 0 spiro atoms. The van der Waals surface area contributed by atoms with Crippen LogP contribution in [0.2, 0.25) is 5.02 Å². The summed E-state index contributed by atoms with van der Waals surface area (Å²) in [6.45, 7) is 3.87. The van der Waals surface area contributed by atoms with Crippen molar-refractivity contribution in [2.75, 3.05) is 12.3 Å². The zero-order valence-electron chi connectivity index (χ0n) is 14.7. The molecule has 1 N–H and O–H groups in total. The van der Waals surface area contributed by atoms with Crippen molar-refractivity contribution in [2.24, 2.45) is 0 Å². The number of aromatic nitrogens is 5. The van der Waals surface area contributed by atoms with Crippen LogP contribution in [0, 0.1) is 13.8 Å². The number of alkyl halides is 3. The third kappa shape index (κ3) is 4.53. The number of aryl methyl sites for hydroxylation is 2. The molecule has 3 aromatic heterocycles. The Morgan fingerprint density at radius 1 is 1.29 bits per heavy atom. The molecule has 1 amide bonds. The quantitative estimate of drug-likeness (QED) is 0.493. The fraction of sp³-hybridized carbons (Fsp3) is 0.312. The summed E-state index contributed by atoms with van der Waals surface area (Å²) in [6.07, 6.45) is -3.77. The first-order chi connectivity index (χ1) is 13.1. The summed E-state index contributed by atoms with van der Waals surface area (Å²) in [7, 11) is 0. The number of carbonyl (C=O) groups excluding carboxylic acids is 1. The Morgan fingerprint density at radius 2 is 2.04 bits per heavy atom. The summed E-state index contributed by atoms with van der Waals surface area (Å²) in [5, 5.41) is 6.93. The van der Waals surface area contributed by atoms with Crippen LogP contribution in [0.15, 0.2) is 23.4 Å². The monoisotopic (exact) mass is 430 g/mol. The highest BCUT2D eigenvalue weighted by Crippen LogP contribution is 2.33. The van der Waals surface area contributed by atoms with Gasteiger partial charge in [-0.1, -0.05) is 11.6 Å². The molecular formula is C16H14ClF3N6OS. The average molecular weight is 431 g/mol. The van der Waals surface area contributed by atoms with Crippen molar-refractivity contribution >= 4 is 35.0 Å². The maximum atomic E-state index is 12.6. The van der Waals surface area contributed by atoms with E-state index in [1.54, 1.807) is 0 Å². The van der Waals surface area contributed by atoms with E-state index >= 15 is 0 Å². The maximum Gasteiger partial charge on any atom is 0.417 e. The Hall–Kier alpha value is -2.40. The smallest absolute Gasteiger partial charge is 0.348 e. The first kappa shape index (κ1) is 20.3. The maximum absolute atomic E-state index is 12.6. The predicted octanol–water partition coefficient (Wildman–Crippen LogP) is 3.33. The van der Waals surface area contributed by atoms with Crippen molar-refractivity contribution < 1.29 is 18.0 Å². The third-order valence-electron chi connectivity index (χ3n) is 3.58. The van der Waals surface area contributed by atoms with Crippen LogP contribution in [0.25, 0.3) is 5.78 Å². The molecule has 0 aliphatic heterocycles. The van der Waals surface area contributed by atoms with E-state index in [4.69, 9.17) is 11.6 Å². The van der Waals surface area contributed by atoms with Gasteiger partial charge in [-0.25, -0.2) is 14.5 Å². The van der Waals surface area contributed by atoms with Crippen LogP contribution in [-0.4, -0.2) is 42.8 Å². The van der Waals surface area contributed by atoms with Crippen molar-refractivity contribution in [3.8, 4) is 0 Å². The highest BCUT2D eigenvalue weighted by molar-refractivity contribution is 7.99. The second-order valence-electron chi connectivity index (χ2n) is 5.80. The lowest BCUT2D eigenvalue weighted by Crippen LogP contribution is -2.26. The Morgan fingerprint density at radius 3 is 2.71 bits per heavy atom. The van der Waals surface area contributed by atoms with E-state index in [-0.39, 0.29) is 22.4 Å². The zero-order valence-corrected chi connectivity index (χ0v) is 16.3. The van der Waals surface area contributed by atoms with Gasteiger partial charge in [0.1, 0.15) is 5.03 Å². The number of thioether (sulfide) groups is 1. The molecule has 12 heteroatoms. The molecule has 7 nitrogen and oxygen atoms in total. The van der Waals surface area contributed by atoms with Gasteiger partial charge in [-0.3, -0.25) is 4.79 Å². The van der Waals surface area contributed by atoms with Crippen molar-refractivity contribution in [2.45, 2.75) is 25.0 Å². The van der Waals surface area contributed by atoms with Gasteiger partial charge in [-0.15, -0.1) is 16.9 Å². The molecule has 0 radical (unpaired) electrons. The molecule has 3 aromatic rings. The van der Waals surface area contributed by atoms with Gasteiger partial charge < -0.3 is 5.32 Å². The highest BCUT2D eigenvalue weighted by atomic mass is 35.5. The van der Waals surface area contributed by atoms with Gasteiger partial charge >= 0.3 is 6.18 Å². The largest absolute Gasteiger partial charge is 0.417 e. The Balaban J connectivity index is 1.57. The summed E-state index contributed by atoms with van der Waals surface area (Å²) in [5.41, 5.74) is 0.654. The number of amides is 1. The second-order valence-corrected chi connectivity index (χ2v) is 7.29. The minimum atomic E-state index is -4.50. The number of nitrogens with one attached hydrogen (secondary N) is 1. The normalized spacial score (nSPS) is 11.8. The van der Waals surface area contributed by atoms with Crippen LogP contribution in [0.3, 0.4) is 0 Å². The Bertz CT molecular complexity index is 1040. The molecule has 0 unspecified atom stereocenters. The van der Waals surface area contributed by atoms with E-state index in [2.05, 4.69) is 25.4 Å². The molecule has 3 heterocycles. The fourth-order valence-corrected chi connectivity index (χ4v) is 3.39. The molecule has 0 saturated carbocycles. The molecule has 28 heavy (non-hydrogen) atoms. The van der Waals surface area contributed by atoms with Gasteiger partial charge in [0.15, 0.2) is 0 Å². The lowest BCUT2D eigenvalue weighted by Gasteiger charge is -2.09. The van der Waals surface area contributed by atoms with Gasteiger partial charge in [-0.05, 0) is 26.0 Å². The van der Waals surface area contributed by atoms with Crippen molar-refractivity contribution in [1.82, 2.24) is 29.9 Å². The van der Waals surface area contributed by atoms with Gasteiger partial charge in [0.25, 0.3) is 11.7 Å². The van der Waals surface area contributed by atoms with Gasteiger partial charge in [0.05, 0.1) is 10.6 Å². The number of pyridine rings is 1. The lowest BCUT2D eigenvalue weighted by molar-refractivity contribution is -0.137. The van der Waals surface area contributed by atoms with Gasteiger partial charge in [0, 0.05) is 29.9 Å². The third-order valence-corrected chi connectivity index (χ3v) is 4.99. The minimum Gasteiger partial charge on any atom is -0.348 e. The van der Waals surface area contributed by atoms with Crippen molar-refractivity contribution in [3.05, 3.63) is 46.1 Å². The zero-order chi connectivity index (χ0) is 20.5. The summed E-state index contributed by atoms with van der Waals surface area (Å²) in [6, 6.07) is 2.65. The van der Waals surface area contributed by atoms with Crippen molar-refractivity contribution in [1.29, 1.82) is 0 Å². The van der Waals surface area contributed by atoms with Crippen LogP contribution < -0.4 is 5.32 Å². The van der Waals surface area contributed by atoms with E-state index in [0.29, 0.717) is 11.5 Å². The first-order valence-corrected chi connectivity index (χ1v) is 9.36. The number of nitrogens with zero attached hydrogens (tertiary/aromatic N) is 5. The highest BCUT2D eigenvalue weighted by Gasteiger charge is 2.31. The molecular weight excluding hydrogens is 417 g/mol. The SMILES string of the molecule is Cc1cc(C)n2nc(C(=O)NCCSc3ncc(C(F)(F)F)cc3Cl)nc2n1. The number of hydrogen-bond acceptors (Lipinski definition) is 6. The summed E-state index contributed by atoms with van der Waals surface area (Å²) < 4.78 is 39.3. The molecule has 0 fully saturated rings. The standard InChI is InChI=1S/C16H14ClF3N6OS/c1-8-5-9(2)26-15(23-8)24-12(25-26)13(27)21-3-4-28-14-11(17)6-10(7-22-14)16(18,19)20/h5-7H,3-4H2,1-2H3,(H,21,27). The summed E-state index contributed by atoms with van der Waals surface area (Å²) in [4.78, 5) is 24.2. The van der Waals surface area contributed by atoms with Crippen LogP contribution in [0.4, 0.5) is 13.2 Å². The predicted molar refractivity (Wildman–Crippen MR) is 97.6 cm³/mol. The Kier molecular flexibility index (Phi) is 5.75. The van der Waals surface area contributed by atoms with Crippen molar-refractivity contribution in [3.63, 3.8) is 0 Å². The summed E-state index contributed by atoms with van der Waals surface area (Å²) >= 11 is 6.97. The van der Waals surface area contributed by atoms with Crippen LogP contribution in [0.5, 0.6) is 0 Å². The number of halogens is 4. The topological polar surface area (TPSA) is 85.1 Å². The Labute approximate surface area is 166 Å². The van der Waals surface area contributed by atoms with E-state index in [1.807, 2.05) is 19.9 Å². The van der Waals surface area contributed by atoms with E-state index in [9.17, 15) is 18.0 Å². The molecule has 0 aliphatic rings. The van der Waals surface area contributed by atoms with E-state index in [1.165, 1.54) is 4.52 Å². The van der Waals surface area contributed by atoms with E-state index < -0.39 is 17.6 Å². The van der Waals surface area contributed by atoms with Gasteiger partial charge in [0.2, 0.25) is 5.82 Å². The molecule has 0 atom stereocenters. The number of rotatable bonds is 5. The fourth-order valence-electron chi connectivity index (χ4n) is 2.34. The molecule has 3 rings (SSSR count). The molecule has 0 bridgehead atoms. The first-order valence-electron chi connectivity index (χ1n) is 8.00. The molecule has 0 aliphatic carbocycles. The van der Waals surface area contributed by atoms with E-state index in [0.717, 1.165) is 35.4 Å². The van der Waals surface area contributed by atoms with Crippen LogP contribution in [-0.2, 0) is 6.18 Å². The average Bonchev–Trinajstić information content (AvgIpc) is 3.03. The minimum absolute atomic E-state index is 0.0168. The molecule has 148 valence electrons. The molecule has 0 saturated heterocycles. The van der Waals surface area contributed by atoms with Crippen LogP contribution >= 0.6 is 23.4 Å². The second kappa shape index (κ2) is 7.92. The van der Waals surface area contributed by atoms with Crippen LogP contribution in [0.1, 0.15) is 27.6 Å². The number of hydrogen-bond donors (Lipinski definition) is 1. The number of carbonyl (C=O) groups is 1. The lowest BCUT2D eigenvalue weighted by atomic mass is 10.3. The van der Waals surface area contributed by atoms with Gasteiger partial charge in [-0.2, -0.15) is 18.2 Å².